The van der Waals surface area contributed by atoms with Crippen LogP contribution < -0.4 is 0 Å². The highest BCUT2D eigenvalue weighted by Gasteiger charge is 2.36. The van der Waals surface area contributed by atoms with Crippen molar-refractivity contribution in [3.05, 3.63) is 32.9 Å². The average Bonchev–Trinajstić information content (AvgIpc) is 2.14. The fourth-order valence-electron chi connectivity index (χ4n) is 1.03. The number of hydrogen-bond donors (Lipinski definition) is 0. The van der Waals surface area contributed by atoms with Crippen LogP contribution in [0.2, 0.25) is 0 Å². The van der Waals surface area contributed by atoms with E-state index in [0.29, 0.717) is 18.2 Å². The van der Waals surface area contributed by atoms with Crippen molar-refractivity contribution in [2.45, 2.75) is 12.4 Å². The van der Waals surface area contributed by atoms with Crippen LogP contribution in [0.1, 0.15) is 11.1 Å². The fraction of sp³-hybridized carbons (Fsp3) is 0.222. The molecule has 90 valence electrons. The van der Waals surface area contributed by atoms with Gasteiger partial charge in [0.25, 0.3) is 0 Å². The molecule has 0 bridgehead atoms. The van der Waals surface area contributed by atoms with E-state index in [4.69, 9.17) is 0 Å². The first-order valence-electron chi connectivity index (χ1n) is 3.83. The summed E-state index contributed by atoms with van der Waals surface area (Å²) in [5.41, 5.74) is -2.10. The minimum Gasteiger partial charge on any atom is -0.166 e. The van der Waals surface area contributed by atoms with Gasteiger partial charge < -0.3 is 0 Å². The van der Waals surface area contributed by atoms with E-state index in [1.807, 2.05) is 0 Å². The Labute approximate surface area is 97.0 Å². The first-order valence-corrected chi connectivity index (χ1v) is 6.43. The SMILES string of the molecule is C=Ic1cc(C(F)(F)F)ccc1C(F)(F)F. The lowest BCUT2D eigenvalue weighted by atomic mass is 10.1. The maximum atomic E-state index is 12.4. The standard InChI is InChI=1S/C9H5F6I/c1-16-7-4-5(8(10,11)12)2-3-6(7)9(13,14)15/h2-4H,1H2. The van der Waals surface area contributed by atoms with E-state index in [9.17, 15) is 26.3 Å². The molecule has 0 saturated carbocycles. The van der Waals surface area contributed by atoms with E-state index < -0.39 is 44.2 Å². The minimum absolute atomic E-state index is 0.346. The fourth-order valence-corrected chi connectivity index (χ4v) is 2.48. The van der Waals surface area contributed by atoms with Gasteiger partial charge in [0, 0.05) is 3.57 Å². The van der Waals surface area contributed by atoms with Crippen molar-refractivity contribution in [3.8, 4) is 0 Å². The van der Waals surface area contributed by atoms with Crippen LogP contribution in [0, 0.1) is 3.57 Å². The third-order valence-corrected chi connectivity index (χ3v) is 3.46. The van der Waals surface area contributed by atoms with Crippen molar-refractivity contribution in [1.82, 2.24) is 0 Å². The quantitative estimate of drug-likeness (QED) is 0.521. The third-order valence-electron chi connectivity index (χ3n) is 1.75. The molecule has 0 unspecified atom stereocenters. The summed E-state index contributed by atoms with van der Waals surface area (Å²) < 4.78 is 76.8. The molecule has 7 heteroatoms. The van der Waals surface area contributed by atoms with Gasteiger partial charge in [-0.25, -0.2) is 0 Å². The summed E-state index contributed by atoms with van der Waals surface area (Å²) in [7, 11) is 0. The number of rotatable bonds is 1. The Bertz CT molecular complexity index is 403. The van der Waals surface area contributed by atoms with Crippen LogP contribution in [0.3, 0.4) is 0 Å². The summed E-state index contributed by atoms with van der Waals surface area (Å²) in [4.78, 5) is 0. The van der Waals surface area contributed by atoms with E-state index in [-0.39, 0.29) is 3.57 Å². The molecule has 0 fully saturated rings. The lowest BCUT2D eigenvalue weighted by molar-refractivity contribution is -0.141. The molecule has 1 rings (SSSR count). The monoisotopic (exact) mass is 354 g/mol. The van der Waals surface area contributed by atoms with Gasteiger partial charge in [-0.05, 0) is 18.2 Å². The predicted molar refractivity (Wildman–Crippen MR) is 56.3 cm³/mol. The molecule has 1 aromatic rings. The summed E-state index contributed by atoms with van der Waals surface area (Å²) in [6.07, 6.45) is -9.26. The lowest BCUT2D eigenvalue weighted by Crippen LogP contribution is -2.11. The first-order chi connectivity index (χ1) is 7.16. The van der Waals surface area contributed by atoms with Gasteiger partial charge in [-0.2, -0.15) is 26.3 Å². The highest BCUT2D eigenvalue weighted by Crippen LogP contribution is 2.37. The summed E-state index contributed by atoms with van der Waals surface area (Å²) in [6, 6.07) is 1.43. The Kier molecular flexibility index (Phi) is 3.65. The molecule has 1 aromatic carbocycles. The Morgan fingerprint density at radius 2 is 1.50 bits per heavy atom. The second-order valence-corrected chi connectivity index (χ2v) is 4.75. The molecule has 0 atom stereocenters. The molecular weight excluding hydrogens is 349 g/mol. The smallest absolute Gasteiger partial charge is 0.166 e. The molecule has 0 spiro atoms. The van der Waals surface area contributed by atoms with Gasteiger partial charge in [0.1, 0.15) is 0 Å². The van der Waals surface area contributed by atoms with Gasteiger partial charge in [-0.1, -0.05) is 25.2 Å². The van der Waals surface area contributed by atoms with Crippen LogP contribution >= 0.6 is 20.7 Å². The van der Waals surface area contributed by atoms with E-state index in [1.165, 1.54) is 0 Å². The molecule has 0 radical (unpaired) electrons. The first kappa shape index (κ1) is 13.5. The zero-order valence-electron chi connectivity index (χ0n) is 7.58. The van der Waals surface area contributed by atoms with E-state index in [2.05, 4.69) is 4.51 Å². The van der Waals surface area contributed by atoms with E-state index >= 15 is 0 Å². The van der Waals surface area contributed by atoms with Crippen LogP contribution in [-0.2, 0) is 12.4 Å². The molecule has 0 aliphatic heterocycles. The maximum absolute atomic E-state index is 12.4. The Morgan fingerprint density at radius 3 is 1.88 bits per heavy atom. The molecule has 0 aliphatic carbocycles. The largest absolute Gasteiger partial charge is 0.417 e. The van der Waals surface area contributed by atoms with Gasteiger partial charge in [-0.15, -0.1) is 0 Å². The molecule has 0 nitrogen and oxygen atoms in total. The molecule has 0 N–H and O–H groups in total. The highest BCUT2D eigenvalue weighted by atomic mass is 127. The summed E-state index contributed by atoms with van der Waals surface area (Å²) in [5, 5.41) is 0. The van der Waals surface area contributed by atoms with E-state index in [0.717, 1.165) is 0 Å². The second kappa shape index (κ2) is 4.34. The van der Waals surface area contributed by atoms with Crippen LogP contribution in [0.5, 0.6) is 0 Å². The van der Waals surface area contributed by atoms with Gasteiger partial charge in [0.15, 0.2) is 0 Å². The highest BCUT2D eigenvalue weighted by molar-refractivity contribution is 14.2. The zero-order valence-corrected chi connectivity index (χ0v) is 9.74. The predicted octanol–water partition coefficient (Wildman–Crippen LogP) is 4.30. The van der Waals surface area contributed by atoms with Crippen molar-refractivity contribution in [1.29, 1.82) is 0 Å². The van der Waals surface area contributed by atoms with Crippen LogP contribution in [0.4, 0.5) is 26.3 Å². The average molecular weight is 354 g/mol. The second-order valence-electron chi connectivity index (χ2n) is 2.82. The third kappa shape index (κ3) is 2.96. The van der Waals surface area contributed by atoms with Crippen molar-refractivity contribution < 1.29 is 26.3 Å². The molecule has 0 heterocycles. The van der Waals surface area contributed by atoms with Crippen molar-refractivity contribution >= 4 is 25.2 Å². The molecule has 0 amide bonds. The van der Waals surface area contributed by atoms with Crippen LogP contribution in [0.15, 0.2) is 18.2 Å². The van der Waals surface area contributed by atoms with Gasteiger partial charge in [0.05, 0.1) is 11.1 Å². The van der Waals surface area contributed by atoms with Crippen molar-refractivity contribution in [3.63, 3.8) is 0 Å². The lowest BCUT2D eigenvalue weighted by Gasteiger charge is -2.12. The van der Waals surface area contributed by atoms with Gasteiger partial charge in [0.2, 0.25) is 0 Å². The normalized spacial score (nSPS) is 12.9. The minimum atomic E-state index is -4.63. The maximum Gasteiger partial charge on any atom is 0.417 e. The number of alkyl halides is 6. The van der Waals surface area contributed by atoms with Gasteiger partial charge >= 0.3 is 12.4 Å². The Hall–Kier alpha value is -0.600. The molecule has 16 heavy (non-hydrogen) atoms. The van der Waals surface area contributed by atoms with Crippen LogP contribution in [0.25, 0.3) is 0 Å². The van der Waals surface area contributed by atoms with Gasteiger partial charge in [-0.3, -0.25) is 0 Å². The summed E-state index contributed by atoms with van der Waals surface area (Å²) in [5.74, 6) is 0. The molecular formula is C9H5F6I. The number of halogens is 7. The van der Waals surface area contributed by atoms with Crippen LogP contribution in [-0.4, -0.2) is 4.51 Å². The summed E-state index contributed by atoms with van der Waals surface area (Å²) >= 11 is -1.31. The zero-order chi connectivity index (χ0) is 12.6. The molecule has 0 saturated heterocycles. The number of hydrogen-bond acceptors (Lipinski definition) is 0. The number of benzene rings is 1. The summed E-state index contributed by atoms with van der Waals surface area (Å²) in [6.45, 7) is 0. The van der Waals surface area contributed by atoms with E-state index in [1.54, 1.807) is 0 Å². The van der Waals surface area contributed by atoms with Crippen molar-refractivity contribution in [2.75, 3.05) is 0 Å². The topological polar surface area (TPSA) is 0 Å². The molecule has 0 aromatic heterocycles. The van der Waals surface area contributed by atoms with Crippen molar-refractivity contribution in [2.24, 2.45) is 0 Å². The Balaban J connectivity index is 3.34. The molecule has 0 aliphatic rings. The Morgan fingerprint density at radius 1 is 0.938 bits per heavy atom.